The van der Waals surface area contributed by atoms with E-state index in [-0.39, 0.29) is 12.1 Å². The van der Waals surface area contributed by atoms with Gasteiger partial charge in [-0.05, 0) is 29.8 Å². The molecule has 0 saturated heterocycles. The van der Waals surface area contributed by atoms with Crippen LogP contribution in [-0.2, 0) is 15.5 Å². The number of anilines is 2. The molecule has 0 spiro atoms. The van der Waals surface area contributed by atoms with Crippen molar-refractivity contribution in [3.63, 3.8) is 0 Å². The van der Waals surface area contributed by atoms with Crippen molar-refractivity contribution in [1.82, 2.24) is 4.98 Å². The Bertz CT molecular complexity index is 877. The summed E-state index contributed by atoms with van der Waals surface area (Å²) in [5, 5.41) is 5.91. The van der Waals surface area contributed by atoms with Gasteiger partial charge in [0.25, 0.3) is 5.91 Å². The summed E-state index contributed by atoms with van der Waals surface area (Å²) < 4.78 is 11.0. The lowest BCUT2D eigenvalue weighted by Gasteiger charge is -2.06. The van der Waals surface area contributed by atoms with Gasteiger partial charge in [0.1, 0.15) is 11.0 Å². The summed E-state index contributed by atoms with van der Waals surface area (Å²) >= 11 is 5.80. The van der Waals surface area contributed by atoms with Gasteiger partial charge in [0, 0.05) is 17.5 Å². The van der Waals surface area contributed by atoms with Crippen molar-refractivity contribution >= 4 is 42.2 Å². The number of rotatable bonds is 4. The first-order valence-electron chi connectivity index (χ1n) is 6.90. The third-order valence-corrected chi connectivity index (χ3v) is 4.34. The van der Waals surface area contributed by atoms with E-state index in [0.29, 0.717) is 33.4 Å². The molecular weight excluding hydrogens is 353 g/mol. The highest BCUT2D eigenvalue weighted by atomic mass is 35.5. The maximum Gasteiger partial charge on any atom is 0.329 e. The molecular formula is C15H13ClN3O4P. The van der Waals surface area contributed by atoms with E-state index < -0.39 is 7.60 Å². The topological polar surface area (TPSA) is 112 Å². The summed E-state index contributed by atoms with van der Waals surface area (Å²) in [7, 11) is -4.09. The minimum Gasteiger partial charge on any atom is -0.361 e. The summed E-state index contributed by atoms with van der Waals surface area (Å²) in [6.45, 7) is 0. The summed E-state index contributed by atoms with van der Waals surface area (Å²) in [6.07, 6.45) is 1.24. The number of carbonyl (C=O) groups excluding carboxylic acids is 1. The van der Waals surface area contributed by atoms with Crippen molar-refractivity contribution in [2.24, 2.45) is 0 Å². The normalized spacial score (nSPS) is 15.3. The first kappa shape index (κ1) is 16.7. The van der Waals surface area contributed by atoms with Crippen LogP contribution in [0, 0.1) is 0 Å². The summed E-state index contributed by atoms with van der Waals surface area (Å²) in [6, 6.07) is 9.89. The standard InChI is InChI=1S/C15H13ClN3O4P/c16-13-6-5-11-12(15(20)19-14(11)18-13)7-17-10-3-1-9(2-4-10)8-24(21,22)23/h1-7,17H,8H2,(H,18,19,20)(H2,21,22,23). The van der Waals surface area contributed by atoms with E-state index in [0.717, 1.165) is 0 Å². The molecule has 9 heteroatoms. The molecule has 2 heterocycles. The molecule has 1 aliphatic heterocycles. The van der Waals surface area contributed by atoms with Crippen LogP contribution < -0.4 is 10.6 Å². The molecule has 0 unspecified atom stereocenters. The van der Waals surface area contributed by atoms with E-state index in [2.05, 4.69) is 15.6 Å². The van der Waals surface area contributed by atoms with Crippen LogP contribution in [0.25, 0.3) is 5.57 Å². The molecule has 0 aliphatic carbocycles. The van der Waals surface area contributed by atoms with Crippen LogP contribution >= 0.6 is 19.2 Å². The Labute approximate surface area is 142 Å². The van der Waals surface area contributed by atoms with Crippen LogP contribution in [0.1, 0.15) is 11.1 Å². The van der Waals surface area contributed by atoms with Gasteiger partial charge in [-0.1, -0.05) is 23.7 Å². The van der Waals surface area contributed by atoms with Gasteiger partial charge in [-0.3, -0.25) is 9.36 Å². The lowest BCUT2D eigenvalue weighted by atomic mass is 10.1. The Hall–Kier alpha value is -2.18. The fourth-order valence-electron chi connectivity index (χ4n) is 2.29. The van der Waals surface area contributed by atoms with Crippen molar-refractivity contribution in [1.29, 1.82) is 0 Å². The average Bonchev–Trinajstić information content (AvgIpc) is 2.79. The van der Waals surface area contributed by atoms with Gasteiger partial charge in [0.05, 0.1) is 11.7 Å². The smallest absolute Gasteiger partial charge is 0.329 e. The van der Waals surface area contributed by atoms with Crippen LogP contribution in [0.3, 0.4) is 0 Å². The number of halogens is 1. The molecule has 124 valence electrons. The lowest BCUT2D eigenvalue weighted by molar-refractivity contribution is -0.110. The number of aromatic nitrogens is 1. The molecule has 24 heavy (non-hydrogen) atoms. The number of hydrogen-bond acceptors (Lipinski definition) is 4. The monoisotopic (exact) mass is 365 g/mol. The molecule has 2 aromatic rings. The molecule has 0 atom stereocenters. The van der Waals surface area contributed by atoms with Gasteiger partial charge in [0.15, 0.2) is 0 Å². The van der Waals surface area contributed by atoms with Crippen molar-refractivity contribution < 1.29 is 19.1 Å². The SMILES string of the molecule is O=C1Nc2nc(Cl)ccc2C1=CNc1ccc(CP(=O)(O)O)cc1. The van der Waals surface area contributed by atoms with Crippen LogP contribution in [-0.4, -0.2) is 20.7 Å². The van der Waals surface area contributed by atoms with E-state index >= 15 is 0 Å². The van der Waals surface area contributed by atoms with Crippen molar-refractivity contribution in [2.75, 3.05) is 10.6 Å². The van der Waals surface area contributed by atoms with Crippen LogP contribution in [0.15, 0.2) is 42.6 Å². The third kappa shape index (κ3) is 3.83. The number of benzene rings is 1. The highest BCUT2D eigenvalue weighted by molar-refractivity contribution is 7.50. The van der Waals surface area contributed by atoms with E-state index in [1.807, 2.05) is 0 Å². The van der Waals surface area contributed by atoms with Gasteiger partial charge >= 0.3 is 7.60 Å². The van der Waals surface area contributed by atoms with E-state index in [1.54, 1.807) is 42.6 Å². The van der Waals surface area contributed by atoms with Crippen LogP contribution in [0.5, 0.6) is 0 Å². The molecule has 0 fully saturated rings. The quantitative estimate of drug-likeness (QED) is 0.376. The fourth-order valence-corrected chi connectivity index (χ4v) is 3.12. The number of fused-ring (bicyclic) bond motifs is 1. The molecule has 1 amide bonds. The number of pyridine rings is 1. The summed E-state index contributed by atoms with van der Waals surface area (Å²) in [4.78, 5) is 33.9. The minimum atomic E-state index is -4.09. The number of carbonyl (C=O) groups is 1. The molecule has 0 saturated carbocycles. The van der Waals surface area contributed by atoms with E-state index in [1.165, 1.54) is 0 Å². The fraction of sp³-hybridized carbons (Fsp3) is 0.0667. The summed E-state index contributed by atoms with van der Waals surface area (Å²) in [5.74, 6) is 0.128. The first-order valence-corrected chi connectivity index (χ1v) is 9.08. The minimum absolute atomic E-state index is 0.287. The second-order valence-corrected chi connectivity index (χ2v) is 7.24. The molecule has 1 aromatic heterocycles. The van der Waals surface area contributed by atoms with E-state index in [4.69, 9.17) is 21.4 Å². The second-order valence-electron chi connectivity index (χ2n) is 5.21. The zero-order chi connectivity index (χ0) is 17.3. The van der Waals surface area contributed by atoms with Crippen molar-refractivity contribution in [2.45, 2.75) is 6.16 Å². The Balaban J connectivity index is 1.77. The predicted molar refractivity (Wildman–Crippen MR) is 91.7 cm³/mol. The number of amides is 1. The van der Waals surface area contributed by atoms with Crippen molar-refractivity contribution in [3.05, 3.63) is 58.9 Å². The van der Waals surface area contributed by atoms with Crippen molar-refractivity contribution in [3.8, 4) is 0 Å². The Morgan fingerprint density at radius 3 is 2.58 bits per heavy atom. The molecule has 4 N–H and O–H groups in total. The number of nitrogens with one attached hydrogen (secondary N) is 2. The zero-order valence-electron chi connectivity index (χ0n) is 12.2. The molecule has 7 nitrogen and oxygen atoms in total. The lowest BCUT2D eigenvalue weighted by Crippen LogP contribution is -2.05. The van der Waals surface area contributed by atoms with Crippen LogP contribution in [0.2, 0.25) is 5.15 Å². The highest BCUT2D eigenvalue weighted by Gasteiger charge is 2.25. The van der Waals surface area contributed by atoms with Gasteiger partial charge < -0.3 is 20.4 Å². The average molecular weight is 366 g/mol. The molecule has 1 aliphatic rings. The Morgan fingerprint density at radius 1 is 1.21 bits per heavy atom. The Kier molecular flexibility index (Phi) is 4.43. The largest absolute Gasteiger partial charge is 0.361 e. The second kappa shape index (κ2) is 6.37. The molecule has 0 bridgehead atoms. The molecule has 0 radical (unpaired) electrons. The number of nitrogens with zero attached hydrogens (tertiary/aromatic N) is 1. The summed E-state index contributed by atoms with van der Waals surface area (Å²) in [5.41, 5.74) is 2.29. The van der Waals surface area contributed by atoms with Crippen LogP contribution in [0.4, 0.5) is 11.5 Å². The molecule has 1 aromatic carbocycles. The van der Waals surface area contributed by atoms with E-state index in [9.17, 15) is 9.36 Å². The Morgan fingerprint density at radius 2 is 1.92 bits per heavy atom. The number of hydrogen-bond donors (Lipinski definition) is 4. The van der Waals surface area contributed by atoms with Gasteiger partial charge in [-0.15, -0.1) is 0 Å². The third-order valence-electron chi connectivity index (χ3n) is 3.35. The predicted octanol–water partition coefficient (Wildman–Crippen LogP) is 2.82. The maximum absolute atomic E-state index is 12.0. The molecule has 3 rings (SSSR count). The van der Waals surface area contributed by atoms with Gasteiger partial charge in [-0.25, -0.2) is 4.98 Å². The maximum atomic E-state index is 12.0. The van der Waals surface area contributed by atoms with Gasteiger partial charge in [-0.2, -0.15) is 0 Å². The van der Waals surface area contributed by atoms with Gasteiger partial charge in [0.2, 0.25) is 0 Å². The highest BCUT2D eigenvalue weighted by Crippen LogP contribution is 2.39. The zero-order valence-corrected chi connectivity index (χ0v) is 13.9. The first-order chi connectivity index (χ1) is 11.3.